The lowest BCUT2D eigenvalue weighted by Gasteiger charge is -2.32. The number of ether oxygens (including phenoxy) is 1. The van der Waals surface area contributed by atoms with Crippen LogP contribution in [0.15, 0.2) is 97.2 Å². The standard InChI is InChI=1S/C37H37N7O3/c1-23-13-15-24(16-14-23)44-34(21-32(42-44)37(2,3)4)39-36(46)38-29-18-19-31(27-10-6-5-9-26(27)29)47-25-17-20-33-40-41-35(43(33)22-25)28-11-7-8-12-30(28)45/h5-17,20-22,29,31,45H,18-19H2,1-4H3,(H2,38,39,46)/t29-,31+/m1/s1. The fourth-order valence-corrected chi connectivity index (χ4v) is 6.00. The summed E-state index contributed by atoms with van der Waals surface area (Å²) in [7, 11) is 0. The van der Waals surface area contributed by atoms with Crippen molar-refractivity contribution in [1.29, 1.82) is 0 Å². The predicted octanol–water partition coefficient (Wildman–Crippen LogP) is 7.67. The van der Waals surface area contributed by atoms with Crippen LogP contribution in [0.25, 0.3) is 22.7 Å². The van der Waals surface area contributed by atoms with Crippen molar-refractivity contribution in [2.75, 3.05) is 5.32 Å². The molecule has 7 rings (SSSR count). The van der Waals surface area contributed by atoms with Gasteiger partial charge in [0.15, 0.2) is 11.5 Å². The van der Waals surface area contributed by atoms with Crippen molar-refractivity contribution >= 4 is 17.5 Å². The van der Waals surface area contributed by atoms with E-state index in [1.165, 1.54) is 0 Å². The van der Waals surface area contributed by atoms with Gasteiger partial charge in [-0.1, -0.05) is 74.9 Å². The van der Waals surface area contributed by atoms with Crippen molar-refractivity contribution < 1.29 is 14.6 Å². The summed E-state index contributed by atoms with van der Waals surface area (Å²) in [6.07, 6.45) is 3.02. The van der Waals surface area contributed by atoms with Crippen LogP contribution < -0.4 is 15.4 Å². The van der Waals surface area contributed by atoms with Gasteiger partial charge in [0.2, 0.25) is 0 Å². The van der Waals surface area contributed by atoms with Gasteiger partial charge in [-0.25, -0.2) is 9.48 Å². The number of nitrogens with one attached hydrogen (secondary N) is 2. The molecule has 47 heavy (non-hydrogen) atoms. The van der Waals surface area contributed by atoms with Crippen molar-refractivity contribution in [1.82, 2.24) is 29.7 Å². The van der Waals surface area contributed by atoms with Crippen molar-refractivity contribution in [3.05, 3.63) is 120 Å². The van der Waals surface area contributed by atoms with Gasteiger partial charge in [-0.05, 0) is 67.3 Å². The minimum atomic E-state index is -0.298. The molecule has 1 aliphatic rings. The van der Waals surface area contributed by atoms with E-state index in [0.29, 0.717) is 41.4 Å². The van der Waals surface area contributed by atoms with E-state index in [9.17, 15) is 9.90 Å². The lowest BCUT2D eigenvalue weighted by Crippen LogP contribution is -2.36. The topological polar surface area (TPSA) is 119 Å². The molecule has 3 heterocycles. The van der Waals surface area contributed by atoms with Gasteiger partial charge in [-0.15, -0.1) is 10.2 Å². The van der Waals surface area contributed by atoms with Crippen LogP contribution in [-0.2, 0) is 5.41 Å². The number of pyridine rings is 1. The maximum atomic E-state index is 13.5. The van der Waals surface area contributed by atoms with Crippen LogP contribution in [0.1, 0.15) is 68.1 Å². The van der Waals surface area contributed by atoms with Crippen molar-refractivity contribution in [2.45, 2.75) is 58.1 Å². The molecule has 3 aromatic carbocycles. The molecule has 1 aliphatic carbocycles. The summed E-state index contributed by atoms with van der Waals surface area (Å²) in [4.78, 5) is 13.5. The molecular weight excluding hydrogens is 590 g/mol. The first-order valence-corrected chi connectivity index (χ1v) is 15.8. The molecule has 0 radical (unpaired) electrons. The Hall–Kier alpha value is -5.64. The number of benzene rings is 3. The highest BCUT2D eigenvalue weighted by molar-refractivity contribution is 5.89. The van der Waals surface area contributed by atoms with E-state index in [2.05, 4.69) is 47.7 Å². The minimum Gasteiger partial charge on any atom is -0.507 e. The van der Waals surface area contributed by atoms with Gasteiger partial charge in [0, 0.05) is 11.5 Å². The number of urea groups is 1. The molecule has 2 amide bonds. The third kappa shape index (κ3) is 6.02. The van der Waals surface area contributed by atoms with E-state index >= 15 is 0 Å². The summed E-state index contributed by atoms with van der Waals surface area (Å²) in [6.45, 7) is 8.36. The Labute approximate surface area is 273 Å². The molecule has 10 heteroatoms. The molecule has 3 aromatic heterocycles. The zero-order valence-electron chi connectivity index (χ0n) is 26.8. The lowest BCUT2D eigenvalue weighted by atomic mass is 9.85. The Morgan fingerprint density at radius 3 is 2.43 bits per heavy atom. The van der Waals surface area contributed by atoms with Gasteiger partial charge >= 0.3 is 6.03 Å². The third-order valence-corrected chi connectivity index (χ3v) is 8.54. The van der Waals surface area contributed by atoms with Gasteiger partial charge in [0.05, 0.1) is 29.2 Å². The van der Waals surface area contributed by atoms with Crippen LogP contribution in [0.3, 0.4) is 0 Å². The van der Waals surface area contributed by atoms with Gasteiger partial charge in [-0.3, -0.25) is 9.72 Å². The number of rotatable bonds is 6. The third-order valence-electron chi connectivity index (χ3n) is 8.54. The largest absolute Gasteiger partial charge is 0.507 e. The maximum Gasteiger partial charge on any atom is 0.320 e. The number of carbonyl (C=O) groups excluding carboxylic acids is 1. The number of fused-ring (bicyclic) bond motifs is 2. The molecule has 0 saturated carbocycles. The van der Waals surface area contributed by atoms with Gasteiger partial charge in [-0.2, -0.15) is 5.10 Å². The Bertz CT molecular complexity index is 2070. The minimum absolute atomic E-state index is 0.131. The van der Waals surface area contributed by atoms with Crippen LogP contribution in [0.2, 0.25) is 0 Å². The number of para-hydroxylation sites is 1. The van der Waals surface area contributed by atoms with Crippen molar-refractivity contribution in [2.24, 2.45) is 0 Å². The number of anilines is 1. The summed E-state index contributed by atoms with van der Waals surface area (Å²) in [5, 5.41) is 30.1. The van der Waals surface area contributed by atoms with Crippen LogP contribution in [0.4, 0.5) is 10.6 Å². The van der Waals surface area contributed by atoms with Crippen LogP contribution in [0, 0.1) is 6.92 Å². The molecule has 0 unspecified atom stereocenters. The highest BCUT2D eigenvalue weighted by Gasteiger charge is 2.30. The Morgan fingerprint density at radius 2 is 1.66 bits per heavy atom. The number of aromatic nitrogens is 5. The van der Waals surface area contributed by atoms with E-state index in [1.54, 1.807) is 22.9 Å². The first-order chi connectivity index (χ1) is 22.6. The average Bonchev–Trinajstić information content (AvgIpc) is 3.67. The number of carbonyl (C=O) groups is 1. The summed E-state index contributed by atoms with van der Waals surface area (Å²) in [5.74, 6) is 1.92. The quantitative estimate of drug-likeness (QED) is 0.174. The second-order valence-electron chi connectivity index (χ2n) is 13.0. The van der Waals surface area contributed by atoms with E-state index in [-0.39, 0.29) is 29.3 Å². The van der Waals surface area contributed by atoms with Crippen LogP contribution in [0.5, 0.6) is 11.5 Å². The van der Waals surface area contributed by atoms with E-state index in [4.69, 9.17) is 9.84 Å². The maximum absolute atomic E-state index is 13.5. The molecule has 0 spiro atoms. The average molecular weight is 628 g/mol. The van der Waals surface area contributed by atoms with Crippen molar-refractivity contribution in [3.63, 3.8) is 0 Å². The first kappa shape index (κ1) is 30.0. The summed E-state index contributed by atoms with van der Waals surface area (Å²) >= 11 is 0. The number of aromatic hydroxyl groups is 1. The molecule has 0 saturated heterocycles. The number of phenols is 1. The highest BCUT2D eigenvalue weighted by Crippen LogP contribution is 2.39. The number of hydrogen-bond donors (Lipinski definition) is 3. The number of amides is 2. The van der Waals surface area contributed by atoms with E-state index < -0.39 is 0 Å². The first-order valence-electron chi connectivity index (χ1n) is 15.8. The number of phenolic OH excluding ortho intramolecular Hbond substituents is 1. The smallest absolute Gasteiger partial charge is 0.320 e. The van der Waals surface area contributed by atoms with Crippen LogP contribution >= 0.6 is 0 Å². The monoisotopic (exact) mass is 627 g/mol. The normalized spacial score (nSPS) is 16.1. The molecule has 10 nitrogen and oxygen atoms in total. The summed E-state index contributed by atoms with van der Waals surface area (Å²) in [6, 6.07) is 28.4. The molecular formula is C37H37N7O3. The van der Waals surface area contributed by atoms with Crippen LogP contribution in [-0.4, -0.2) is 35.5 Å². The SMILES string of the molecule is Cc1ccc(-n2nc(C(C)(C)C)cc2NC(=O)N[C@@H]2CC[C@H](Oc3ccc4nnc(-c5ccccc5O)n4c3)c3ccccc32)cc1. The van der Waals surface area contributed by atoms with E-state index in [1.807, 2.05) is 84.3 Å². The Balaban J connectivity index is 1.10. The number of nitrogens with zero attached hydrogens (tertiary/aromatic N) is 5. The molecule has 238 valence electrons. The molecule has 3 N–H and O–H groups in total. The van der Waals surface area contributed by atoms with Gasteiger partial charge in [0.1, 0.15) is 23.4 Å². The molecule has 6 aromatic rings. The fraction of sp³-hybridized carbons (Fsp3) is 0.243. The molecule has 0 aliphatic heterocycles. The van der Waals surface area contributed by atoms with Gasteiger partial charge < -0.3 is 15.2 Å². The summed E-state index contributed by atoms with van der Waals surface area (Å²) in [5.41, 5.74) is 5.99. The molecule has 0 fully saturated rings. The Morgan fingerprint density at radius 1 is 0.915 bits per heavy atom. The summed E-state index contributed by atoms with van der Waals surface area (Å²) < 4.78 is 10.2. The number of hydrogen-bond acceptors (Lipinski definition) is 6. The Kier molecular flexibility index (Phi) is 7.63. The molecule has 2 atom stereocenters. The fourth-order valence-electron chi connectivity index (χ4n) is 6.00. The van der Waals surface area contributed by atoms with Crippen molar-refractivity contribution in [3.8, 4) is 28.6 Å². The highest BCUT2D eigenvalue weighted by atomic mass is 16.5. The number of aryl methyl sites for hydroxylation is 1. The van der Waals surface area contributed by atoms with Gasteiger partial charge in [0.25, 0.3) is 0 Å². The second-order valence-corrected chi connectivity index (χ2v) is 13.0. The predicted molar refractivity (Wildman–Crippen MR) is 181 cm³/mol. The lowest BCUT2D eigenvalue weighted by molar-refractivity contribution is 0.171. The molecule has 0 bridgehead atoms. The zero-order valence-corrected chi connectivity index (χ0v) is 26.8. The second kappa shape index (κ2) is 11.9. The zero-order chi connectivity index (χ0) is 32.7. The van der Waals surface area contributed by atoms with E-state index in [0.717, 1.165) is 28.1 Å².